The van der Waals surface area contributed by atoms with Gasteiger partial charge in [0.25, 0.3) is 0 Å². The van der Waals surface area contributed by atoms with Crippen LogP contribution in [-0.2, 0) is 20.5 Å². The molecule has 8 heteroatoms. The molecule has 0 spiro atoms. The highest BCUT2D eigenvalue weighted by Gasteiger charge is 2.34. The molecule has 0 bridgehead atoms. The van der Waals surface area contributed by atoms with Crippen LogP contribution in [0.4, 0.5) is 13.2 Å². The number of rotatable bonds is 7. The average molecular weight is 404 g/mol. The standard InChI is InChI=1S/C21H15F3O5/c1-3-19(25)28-12-11-27-18-10-7-15(13-17(18)21(22,23)24)14-5-8-16(9-6-14)29-20(26)4-2/h3-13H,1-2H2/b12-11-. The van der Waals surface area contributed by atoms with Gasteiger partial charge in [-0.05, 0) is 35.4 Å². The monoisotopic (exact) mass is 404 g/mol. The Morgan fingerprint density at radius 1 is 0.862 bits per heavy atom. The third kappa shape index (κ3) is 6.10. The van der Waals surface area contributed by atoms with Crippen molar-refractivity contribution in [2.45, 2.75) is 6.18 Å². The SMILES string of the molecule is C=CC(=O)O/C=C\Oc1ccc(-c2ccc(OC(=O)C=C)cc2)cc1C(F)(F)F. The normalized spacial score (nSPS) is 11.0. The van der Waals surface area contributed by atoms with Crippen LogP contribution in [0.5, 0.6) is 11.5 Å². The number of esters is 2. The van der Waals surface area contributed by atoms with Gasteiger partial charge in [-0.1, -0.05) is 31.4 Å². The van der Waals surface area contributed by atoms with Crippen LogP contribution in [0.1, 0.15) is 5.56 Å². The Morgan fingerprint density at radius 2 is 1.48 bits per heavy atom. The second kappa shape index (κ2) is 9.41. The maximum atomic E-state index is 13.4. The third-order valence-electron chi connectivity index (χ3n) is 3.46. The molecule has 29 heavy (non-hydrogen) atoms. The minimum absolute atomic E-state index is 0.230. The lowest BCUT2D eigenvalue weighted by Gasteiger charge is -2.14. The quantitative estimate of drug-likeness (QED) is 0.280. The van der Waals surface area contributed by atoms with Gasteiger partial charge in [0.15, 0.2) is 0 Å². The molecule has 0 N–H and O–H groups in total. The number of hydrogen-bond acceptors (Lipinski definition) is 5. The van der Waals surface area contributed by atoms with Crippen molar-refractivity contribution in [3.8, 4) is 22.6 Å². The molecule has 0 saturated heterocycles. The van der Waals surface area contributed by atoms with Crippen LogP contribution in [0.15, 0.2) is 80.3 Å². The molecule has 150 valence electrons. The van der Waals surface area contributed by atoms with E-state index in [0.717, 1.165) is 36.8 Å². The molecule has 2 aromatic carbocycles. The Morgan fingerprint density at radius 3 is 2.07 bits per heavy atom. The van der Waals surface area contributed by atoms with E-state index >= 15 is 0 Å². The van der Waals surface area contributed by atoms with Crippen molar-refractivity contribution in [2.75, 3.05) is 0 Å². The van der Waals surface area contributed by atoms with Crippen molar-refractivity contribution in [3.63, 3.8) is 0 Å². The summed E-state index contributed by atoms with van der Waals surface area (Å²) < 4.78 is 54.6. The smallest absolute Gasteiger partial charge is 0.420 e. The summed E-state index contributed by atoms with van der Waals surface area (Å²) in [6.45, 7) is 6.46. The number of hydrogen-bond donors (Lipinski definition) is 0. The van der Waals surface area contributed by atoms with Crippen LogP contribution in [0, 0.1) is 0 Å². The Kier molecular flexibility index (Phi) is 6.97. The summed E-state index contributed by atoms with van der Waals surface area (Å²) in [5, 5.41) is 0. The first kappa shape index (κ1) is 21.5. The molecule has 2 aromatic rings. The minimum Gasteiger partial charge on any atom is -0.461 e. The second-order valence-corrected chi connectivity index (χ2v) is 5.39. The molecule has 0 fully saturated rings. The summed E-state index contributed by atoms with van der Waals surface area (Å²) in [6, 6.07) is 9.41. The Bertz CT molecular complexity index is 944. The minimum atomic E-state index is -4.68. The Balaban J connectivity index is 2.26. The van der Waals surface area contributed by atoms with Gasteiger partial charge in [-0.3, -0.25) is 0 Å². The first-order chi connectivity index (χ1) is 13.7. The van der Waals surface area contributed by atoms with Gasteiger partial charge in [-0.2, -0.15) is 13.2 Å². The highest BCUT2D eigenvalue weighted by Crippen LogP contribution is 2.39. The topological polar surface area (TPSA) is 61.8 Å². The van der Waals surface area contributed by atoms with Crippen molar-refractivity contribution in [3.05, 3.63) is 85.9 Å². The molecule has 0 unspecified atom stereocenters. The van der Waals surface area contributed by atoms with Crippen LogP contribution in [0.2, 0.25) is 0 Å². The first-order valence-corrected chi connectivity index (χ1v) is 8.05. The van der Waals surface area contributed by atoms with Crippen molar-refractivity contribution in [2.24, 2.45) is 0 Å². The van der Waals surface area contributed by atoms with Crippen LogP contribution in [0.25, 0.3) is 11.1 Å². The van der Waals surface area contributed by atoms with E-state index in [0.29, 0.717) is 5.56 Å². The predicted octanol–water partition coefficient (Wildman–Crippen LogP) is 5.04. The van der Waals surface area contributed by atoms with Gasteiger partial charge >= 0.3 is 18.1 Å². The molecule has 0 amide bonds. The fourth-order valence-electron chi connectivity index (χ4n) is 2.15. The zero-order valence-electron chi connectivity index (χ0n) is 14.9. The van der Waals surface area contributed by atoms with Gasteiger partial charge in [-0.15, -0.1) is 0 Å². The summed E-state index contributed by atoms with van der Waals surface area (Å²) >= 11 is 0. The number of alkyl halides is 3. The molecular formula is C21H15F3O5. The molecular weight excluding hydrogens is 389 g/mol. The van der Waals surface area contributed by atoms with Crippen molar-refractivity contribution in [1.82, 2.24) is 0 Å². The van der Waals surface area contributed by atoms with Gasteiger partial charge < -0.3 is 14.2 Å². The van der Waals surface area contributed by atoms with Crippen LogP contribution in [-0.4, -0.2) is 11.9 Å². The van der Waals surface area contributed by atoms with Crippen molar-refractivity contribution >= 4 is 11.9 Å². The van der Waals surface area contributed by atoms with E-state index < -0.39 is 29.4 Å². The zero-order valence-corrected chi connectivity index (χ0v) is 14.9. The summed E-state index contributed by atoms with van der Waals surface area (Å²) in [7, 11) is 0. The van der Waals surface area contributed by atoms with E-state index in [2.05, 4.69) is 17.9 Å². The first-order valence-electron chi connectivity index (χ1n) is 8.05. The van der Waals surface area contributed by atoms with E-state index in [1.165, 1.54) is 30.3 Å². The summed E-state index contributed by atoms with van der Waals surface area (Å²) in [4.78, 5) is 22.1. The van der Waals surface area contributed by atoms with Gasteiger partial charge in [0.2, 0.25) is 0 Å². The fourth-order valence-corrected chi connectivity index (χ4v) is 2.15. The summed E-state index contributed by atoms with van der Waals surface area (Å²) in [6.07, 6.45) is -1.18. The van der Waals surface area contributed by atoms with Crippen molar-refractivity contribution in [1.29, 1.82) is 0 Å². The van der Waals surface area contributed by atoms with Gasteiger partial charge in [0.05, 0.1) is 5.56 Å². The average Bonchev–Trinajstić information content (AvgIpc) is 2.70. The number of benzene rings is 2. The van der Waals surface area contributed by atoms with Gasteiger partial charge in [-0.25, -0.2) is 9.59 Å². The second-order valence-electron chi connectivity index (χ2n) is 5.39. The van der Waals surface area contributed by atoms with Crippen molar-refractivity contribution < 1.29 is 37.0 Å². The van der Waals surface area contributed by atoms with E-state index in [1.54, 1.807) is 0 Å². The lowest BCUT2D eigenvalue weighted by molar-refractivity contribution is -0.138. The number of halogens is 3. The lowest BCUT2D eigenvalue weighted by atomic mass is 10.0. The largest absolute Gasteiger partial charge is 0.461 e. The fraction of sp³-hybridized carbons (Fsp3) is 0.0476. The highest BCUT2D eigenvalue weighted by molar-refractivity contribution is 5.83. The lowest BCUT2D eigenvalue weighted by Crippen LogP contribution is -2.07. The van der Waals surface area contributed by atoms with E-state index in [9.17, 15) is 22.8 Å². The molecule has 2 rings (SSSR count). The molecule has 0 aliphatic carbocycles. The third-order valence-corrected chi connectivity index (χ3v) is 3.46. The van der Waals surface area contributed by atoms with Crippen LogP contribution in [0.3, 0.4) is 0 Å². The highest BCUT2D eigenvalue weighted by atomic mass is 19.4. The molecule has 5 nitrogen and oxygen atoms in total. The molecule has 0 aliphatic heterocycles. The number of carbonyl (C=O) groups excluding carboxylic acids is 2. The Hall–Kier alpha value is -3.81. The summed E-state index contributed by atoms with van der Waals surface area (Å²) in [5.41, 5.74) is -0.277. The molecule has 0 heterocycles. The number of carbonyl (C=O) groups is 2. The van der Waals surface area contributed by atoms with E-state index in [-0.39, 0.29) is 11.3 Å². The molecule has 0 aliphatic rings. The molecule has 0 saturated carbocycles. The zero-order chi connectivity index (χ0) is 21.4. The van der Waals surface area contributed by atoms with Crippen LogP contribution < -0.4 is 9.47 Å². The predicted molar refractivity (Wildman–Crippen MR) is 98.8 cm³/mol. The van der Waals surface area contributed by atoms with Gasteiger partial charge in [0.1, 0.15) is 24.0 Å². The molecule has 0 radical (unpaired) electrons. The van der Waals surface area contributed by atoms with E-state index in [4.69, 9.17) is 9.47 Å². The van der Waals surface area contributed by atoms with E-state index in [1.807, 2.05) is 0 Å². The maximum Gasteiger partial charge on any atom is 0.420 e. The Labute approximate surface area is 164 Å². The molecule has 0 aromatic heterocycles. The summed E-state index contributed by atoms with van der Waals surface area (Å²) in [5.74, 6) is -1.67. The molecule has 0 atom stereocenters. The van der Waals surface area contributed by atoms with Crippen LogP contribution >= 0.6 is 0 Å². The number of ether oxygens (including phenoxy) is 3. The van der Waals surface area contributed by atoms with Gasteiger partial charge in [0, 0.05) is 12.2 Å². The maximum absolute atomic E-state index is 13.4.